The molecule has 2 heterocycles. The summed E-state index contributed by atoms with van der Waals surface area (Å²) in [6, 6.07) is 10.2. The van der Waals surface area contributed by atoms with Gasteiger partial charge >= 0.3 is 0 Å². The summed E-state index contributed by atoms with van der Waals surface area (Å²) in [7, 11) is 0. The van der Waals surface area contributed by atoms with Crippen molar-refractivity contribution in [3.05, 3.63) is 36.0 Å². The Morgan fingerprint density at radius 2 is 2.35 bits per heavy atom. The molecule has 0 saturated carbocycles. The van der Waals surface area contributed by atoms with Crippen LogP contribution in [0.4, 0.5) is 0 Å². The van der Waals surface area contributed by atoms with Crippen LogP contribution in [0, 0.1) is 17.2 Å². The molecule has 0 radical (unpaired) electrons. The Labute approximate surface area is 101 Å². The van der Waals surface area contributed by atoms with Crippen LogP contribution in [0.1, 0.15) is 12.0 Å². The summed E-state index contributed by atoms with van der Waals surface area (Å²) in [5.41, 5.74) is 1.91. The Morgan fingerprint density at radius 3 is 3.12 bits per heavy atom. The average Bonchev–Trinajstić information content (AvgIpc) is 2.99. The highest BCUT2D eigenvalue weighted by atomic mass is 15.0. The molecule has 1 unspecified atom stereocenters. The Morgan fingerprint density at radius 1 is 1.41 bits per heavy atom. The van der Waals surface area contributed by atoms with Crippen molar-refractivity contribution in [2.75, 3.05) is 13.1 Å². The first kappa shape index (κ1) is 10.4. The molecule has 3 rings (SSSR count). The van der Waals surface area contributed by atoms with Gasteiger partial charge in [-0.15, -0.1) is 0 Å². The molecule has 0 amide bonds. The molecule has 1 aliphatic heterocycles. The van der Waals surface area contributed by atoms with Crippen molar-refractivity contribution in [3.8, 4) is 6.07 Å². The summed E-state index contributed by atoms with van der Waals surface area (Å²) in [6.07, 6.45) is 3.38. The second-order valence-electron chi connectivity index (χ2n) is 4.71. The number of hydrogen-bond acceptors (Lipinski definition) is 2. The number of fused-ring (bicyclic) bond motifs is 1. The standard InChI is InChI=1S/C14H15N3/c15-8-11-1-2-13-4-6-17(14(13)7-11)10-12-3-5-16-9-12/h1-2,4,6-7,12,16H,3,5,9-10H2. The van der Waals surface area contributed by atoms with Crippen LogP contribution >= 0.6 is 0 Å². The lowest BCUT2D eigenvalue weighted by molar-refractivity contribution is 0.491. The maximum Gasteiger partial charge on any atom is 0.0992 e. The van der Waals surface area contributed by atoms with E-state index < -0.39 is 0 Å². The normalized spacial score (nSPS) is 19.6. The van der Waals surface area contributed by atoms with E-state index in [0.29, 0.717) is 0 Å². The highest BCUT2D eigenvalue weighted by Crippen LogP contribution is 2.20. The number of nitrogens with zero attached hydrogens (tertiary/aromatic N) is 2. The maximum atomic E-state index is 8.94. The van der Waals surface area contributed by atoms with Crippen molar-refractivity contribution >= 4 is 10.9 Å². The van der Waals surface area contributed by atoms with Crippen LogP contribution < -0.4 is 5.32 Å². The number of aromatic nitrogens is 1. The highest BCUT2D eigenvalue weighted by molar-refractivity contribution is 5.81. The van der Waals surface area contributed by atoms with Crippen LogP contribution in [0.25, 0.3) is 10.9 Å². The average molecular weight is 225 g/mol. The van der Waals surface area contributed by atoms with E-state index in [9.17, 15) is 0 Å². The van der Waals surface area contributed by atoms with Crippen LogP contribution in [-0.4, -0.2) is 17.7 Å². The zero-order valence-corrected chi connectivity index (χ0v) is 9.69. The number of benzene rings is 1. The third-order valence-electron chi connectivity index (χ3n) is 3.52. The van der Waals surface area contributed by atoms with E-state index in [1.807, 2.05) is 18.2 Å². The fourth-order valence-corrected chi connectivity index (χ4v) is 2.56. The molecule has 86 valence electrons. The van der Waals surface area contributed by atoms with E-state index in [-0.39, 0.29) is 0 Å². The van der Waals surface area contributed by atoms with Crippen molar-refractivity contribution < 1.29 is 0 Å². The Balaban J connectivity index is 1.95. The number of nitrogens with one attached hydrogen (secondary N) is 1. The molecule has 1 atom stereocenters. The number of nitriles is 1. The highest BCUT2D eigenvalue weighted by Gasteiger charge is 2.15. The van der Waals surface area contributed by atoms with Gasteiger partial charge in [0.1, 0.15) is 0 Å². The van der Waals surface area contributed by atoms with Crippen molar-refractivity contribution in [1.29, 1.82) is 5.26 Å². The molecule has 1 saturated heterocycles. The summed E-state index contributed by atoms with van der Waals surface area (Å²) in [6.45, 7) is 3.29. The van der Waals surface area contributed by atoms with E-state index >= 15 is 0 Å². The minimum atomic E-state index is 0.719. The molecular formula is C14H15N3. The van der Waals surface area contributed by atoms with Gasteiger partial charge in [0, 0.05) is 18.3 Å². The van der Waals surface area contributed by atoms with Gasteiger partial charge in [-0.2, -0.15) is 5.26 Å². The lowest BCUT2D eigenvalue weighted by Crippen LogP contribution is -2.13. The van der Waals surface area contributed by atoms with Gasteiger partial charge in [0.25, 0.3) is 0 Å². The van der Waals surface area contributed by atoms with Gasteiger partial charge in [0.05, 0.1) is 11.6 Å². The van der Waals surface area contributed by atoms with Gasteiger partial charge in [-0.1, -0.05) is 6.07 Å². The molecule has 1 fully saturated rings. The molecule has 1 N–H and O–H groups in total. The molecule has 3 heteroatoms. The van der Waals surface area contributed by atoms with E-state index in [1.165, 1.54) is 17.3 Å². The minimum Gasteiger partial charge on any atom is -0.347 e. The molecule has 0 spiro atoms. The first-order valence-electron chi connectivity index (χ1n) is 6.06. The van der Waals surface area contributed by atoms with Gasteiger partial charge in [-0.3, -0.25) is 0 Å². The monoisotopic (exact) mass is 225 g/mol. The predicted octanol–water partition coefficient (Wildman–Crippen LogP) is 2.12. The van der Waals surface area contributed by atoms with Gasteiger partial charge in [-0.05, 0) is 49.0 Å². The quantitative estimate of drug-likeness (QED) is 0.850. The fourth-order valence-electron chi connectivity index (χ4n) is 2.56. The van der Waals surface area contributed by atoms with Crippen molar-refractivity contribution in [1.82, 2.24) is 9.88 Å². The maximum absolute atomic E-state index is 8.94. The van der Waals surface area contributed by atoms with E-state index in [4.69, 9.17) is 5.26 Å². The molecular weight excluding hydrogens is 210 g/mol. The molecule has 1 aromatic carbocycles. The molecule has 0 bridgehead atoms. The van der Waals surface area contributed by atoms with Crippen molar-refractivity contribution in [3.63, 3.8) is 0 Å². The molecule has 0 aliphatic carbocycles. The van der Waals surface area contributed by atoms with Gasteiger partial charge in [0.15, 0.2) is 0 Å². The first-order chi connectivity index (χ1) is 8.36. The summed E-state index contributed by atoms with van der Waals surface area (Å²) in [5, 5.41) is 13.5. The largest absolute Gasteiger partial charge is 0.347 e. The third-order valence-corrected chi connectivity index (χ3v) is 3.52. The summed E-state index contributed by atoms with van der Waals surface area (Å²) in [5.74, 6) is 0.719. The van der Waals surface area contributed by atoms with Crippen LogP contribution in [0.2, 0.25) is 0 Å². The van der Waals surface area contributed by atoms with Gasteiger partial charge in [0.2, 0.25) is 0 Å². The fraction of sp³-hybridized carbons (Fsp3) is 0.357. The van der Waals surface area contributed by atoms with Gasteiger partial charge in [-0.25, -0.2) is 0 Å². The van der Waals surface area contributed by atoms with Crippen LogP contribution in [0.15, 0.2) is 30.5 Å². The second kappa shape index (κ2) is 4.23. The van der Waals surface area contributed by atoms with Gasteiger partial charge < -0.3 is 9.88 Å². The molecule has 1 aromatic heterocycles. The zero-order valence-electron chi connectivity index (χ0n) is 9.69. The van der Waals surface area contributed by atoms with Crippen LogP contribution in [-0.2, 0) is 6.54 Å². The SMILES string of the molecule is N#Cc1ccc2ccn(CC3CCNC3)c2c1. The summed E-state index contributed by atoms with van der Waals surface area (Å²) < 4.78 is 2.27. The second-order valence-corrected chi connectivity index (χ2v) is 4.71. The Bertz CT molecular complexity index is 571. The molecule has 2 aromatic rings. The molecule has 1 aliphatic rings. The zero-order chi connectivity index (χ0) is 11.7. The van der Waals surface area contributed by atoms with E-state index in [0.717, 1.165) is 31.1 Å². The smallest absolute Gasteiger partial charge is 0.0992 e. The lowest BCUT2D eigenvalue weighted by Gasteiger charge is -2.11. The Kier molecular flexibility index (Phi) is 2.58. The lowest BCUT2D eigenvalue weighted by atomic mass is 10.1. The molecule has 17 heavy (non-hydrogen) atoms. The van der Waals surface area contributed by atoms with Crippen molar-refractivity contribution in [2.45, 2.75) is 13.0 Å². The van der Waals surface area contributed by atoms with Crippen LogP contribution in [0.3, 0.4) is 0 Å². The van der Waals surface area contributed by atoms with Crippen molar-refractivity contribution in [2.24, 2.45) is 5.92 Å². The Hall–Kier alpha value is -1.79. The summed E-state index contributed by atoms with van der Waals surface area (Å²) >= 11 is 0. The minimum absolute atomic E-state index is 0.719. The topological polar surface area (TPSA) is 40.8 Å². The number of rotatable bonds is 2. The summed E-state index contributed by atoms with van der Waals surface area (Å²) in [4.78, 5) is 0. The number of hydrogen-bond donors (Lipinski definition) is 1. The molecule has 3 nitrogen and oxygen atoms in total. The first-order valence-corrected chi connectivity index (χ1v) is 6.06. The predicted molar refractivity (Wildman–Crippen MR) is 67.6 cm³/mol. The van der Waals surface area contributed by atoms with Crippen LogP contribution in [0.5, 0.6) is 0 Å². The van der Waals surface area contributed by atoms with E-state index in [2.05, 4.69) is 28.2 Å². The van der Waals surface area contributed by atoms with E-state index in [1.54, 1.807) is 0 Å². The third kappa shape index (κ3) is 1.92.